The molecule has 18 heavy (non-hydrogen) atoms. The molecule has 0 saturated carbocycles. The molecule has 1 aromatic heterocycles. The number of carbonyl (C=O) groups excluding carboxylic acids is 1. The van der Waals surface area contributed by atoms with Crippen LogP contribution in [0, 0.1) is 5.41 Å². The molecule has 0 aromatic carbocycles. The Bertz CT molecular complexity index is 371. The fraction of sp³-hybridized carbons (Fsp3) is 0.714. The van der Waals surface area contributed by atoms with E-state index in [2.05, 4.69) is 44.8 Å². The number of amides is 1. The summed E-state index contributed by atoms with van der Waals surface area (Å²) in [4.78, 5) is 12.4. The zero-order valence-corrected chi connectivity index (χ0v) is 12.2. The van der Waals surface area contributed by atoms with Crippen LogP contribution in [-0.4, -0.2) is 28.1 Å². The number of fused-ring (bicyclic) bond motifs is 1. The average Bonchev–Trinajstić information content (AvgIpc) is 2.68. The predicted molar refractivity (Wildman–Crippen MR) is 73.3 cm³/mol. The maximum Gasteiger partial charge on any atom is 0.210 e. The number of nitrogens with one attached hydrogen (secondary N) is 1. The summed E-state index contributed by atoms with van der Waals surface area (Å²) in [5.74, 6) is 0. The molecule has 102 valence electrons. The van der Waals surface area contributed by atoms with Crippen molar-refractivity contribution in [3.05, 3.63) is 17.0 Å². The first-order chi connectivity index (χ1) is 8.35. The van der Waals surface area contributed by atoms with Crippen LogP contribution in [0.5, 0.6) is 0 Å². The van der Waals surface area contributed by atoms with Crippen molar-refractivity contribution in [1.29, 1.82) is 0 Å². The lowest BCUT2D eigenvalue weighted by Crippen LogP contribution is -2.29. The monoisotopic (exact) mass is 251 g/mol. The number of aromatic amines is 1. The molecule has 0 aliphatic carbocycles. The van der Waals surface area contributed by atoms with Crippen LogP contribution in [0.25, 0.3) is 0 Å². The molecule has 1 N–H and O–H groups in total. The van der Waals surface area contributed by atoms with Gasteiger partial charge in [0.2, 0.25) is 6.41 Å². The summed E-state index contributed by atoms with van der Waals surface area (Å²) in [6.45, 7) is 12.4. The number of hydrogen-bond acceptors (Lipinski definition) is 2. The van der Waals surface area contributed by atoms with E-state index < -0.39 is 0 Å². The van der Waals surface area contributed by atoms with Crippen LogP contribution in [0.1, 0.15) is 51.6 Å². The Hall–Kier alpha value is -1.32. The summed E-state index contributed by atoms with van der Waals surface area (Å²) in [7, 11) is 0. The number of aryl methyl sites for hydroxylation is 1. The van der Waals surface area contributed by atoms with Gasteiger partial charge in [-0.3, -0.25) is 9.89 Å². The van der Waals surface area contributed by atoms with Crippen LogP contribution < -0.4 is 0 Å². The number of H-pyrrole nitrogens is 1. The Balaban J connectivity index is 0.000000280. The van der Waals surface area contributed by atoms with Crippen molar-refractivity contribution in [3.63, 3.8) is 0 Å². The zero-order chi connectivity index (χ0) is 13.8. The normalized spacial score (nSPS) is 14.6. The lowest BCUT2D eigenvalue weighted by molar-refractivity contribution is -0.118. The van der Waals surface area contributed by atoms with Crippen LogP contribution >= 0.6 is 0 Å². The maximum absolute atomic E-state index is 10.6. The van der Waals surface area contributed by atoms with Crippen LogP contribution in [0.3, 0.4) is 0 Å². The molecule has 0 fully saturated rings. The van der Waals surface area contributed by atoms with E-state index in [9.17, 15) is 4.79 Å². The Morgan fingerprint density at radius 1 is 1.39 bits per heavy atom. The highest BCUT2D eigenvalue weighted by molar-refractivity contribution is 5.49. The van der Waals surface area contributed by atoms with Crippen molar-refractivity contribution in [2.24, 2.45) is 5.41 Å². The summed E-state index contributed by atoms with van der Waals surface area (Å²) >= 11 is 0. The molecule has 0 spiro atoms. The fourth-order valence-corrected chi connectivity index (χ4v) is 1.76. The van der Waals surface area contributed by atoms with E-state index in [1.807, 2.05) is 0 Å². The number of hydrogen-bond donors (Lipinski definition) is 1. The summed E-state index contributed by atoms with van der Waals surface area (Å²) in [6.07, 6.45) is 2.75. The first kappa shape index (κ1) is 14.7. The van der Waals surface area contributed by atoms with E-state index >= 15 is 0 Å². The Morgan fingerprint density at radius 3 is 2.50 bits per heavy atom. The van der Waals surface area contributed by atoms with Crippen molar-refractivity contribution in [2.45, 2.75) is 54.0 Å². The predicted octanol–water partition coefficient (Wildman–Crippen LogP) is 2.54. The van der Waals surface area contributed by atoms with Gasteiger partial charge in [0.1, 0.15) is 0 Å². The van der Waals surface area contributed by atoms with Crippen LogP contribution in [0.2, 0.25) is 0 Å². The lowest BCUT2D eigenvalue weighted by Gasteiger charge is -2.22. The van der Waals surface area contributed by atoms with Gasteiger partial charge in [0.15, 0.2) is 0 Å². The largest absolute Gasteiger partial charge is 0.340 e. The standard InChI is InChI=1S/C9H13N3O.C5H12/c1-2-8-7-5-12(6-13)4-3-9(7)11-10-8;1-5(2,3)4/h6H,2-5H2,1H3,(H,10,11);1-4H3. The average molecular weight is 251 g/mol. The summed E-state index contributed by atoms with van der Waals surface area (Å²) < 4.78 is 0. The van der Waals surface area contributed by atoms with E-state index in [4.69, 9.17) is 0 Å². The van der Waals surface area contributed by atoms with Gasteiger partial charge >= 0.3 is 0 Å². The third-order valence-corrected chi connectivity index (χ3v) is 2.53. The molecular formula is C14H25N3O. The molecule has 0 atom stereocenters. The molecule has 0 radical (unpaired) electrons. The van der Waals surface area contributed by atoms with E-state index in [1.54, 1.807) is 4.90 Å². The Kier molecular flexibility index (Phi) is 4.93. The van der Waals surface area contributed by atoms with Gasteiger partial charge in [0.25, 0.3) is 0 Å². The Morgan fingerprint density at radius 2 is 2.00 bits per heavy atom. The molecule has 2 heterocycles. The van der Waals surface area contributed by atoms with Gasteiger partial charge in [0.05, 0.1) is 5.69 Å². The minimum Gasteiger partial charge on any atom is -0.340 e. The van der Waals surface area contributed by atoms with E-state index in [1.165, 1.54) is 11.3 Å². The van der Waals surface area contributed by atoms with Crippen molar-refractivity contribution in [3.8, 4) is 0 Å². The fourth-order valence-electron chi connectivity index (χ4n) is 1.76. The number of nitrogens with zero attached hydrogens (tertiary/aromatic N) is 2. The highest BCUT2D eigenvalue weighted by atomic mass is 16.1. The summed E-state index contributed by atoms with van der Waals surface area (Å²) in [5.41, 5.74) is 4.03. The number of carbonyl (C=O) groups is 1. The number of aromatic nitrogens is 2. The van der Waals surface area contributed by atoms with Gasteiger partial charge < -0.3 is 4.90 Å². The minimum atomic E-state index is 0.500. The molecule has 0 unspecified atom stereocenters. The summed E-state index contributed by atoms with van der Waals surface area (Å²) in [5, 5.41) is 7.25. The van der Waals surface area contributed by atoms with Crippen molar-refractivity contribution < 1.29 is 4.79 Å². The summed E-state index contributed by atoms with van der Waals surface area (Å²) in [6, 6.07) is 0. The smallest absolute Gasteiger partial charge is 0.210 e. The SMILES string of the molecule is CC(C)(C)C.CCc1n[nH]c2c1CN(C=O)CC2. The second-order valence-corrected chi connectivity index (χ2v) is 6.31. The van der Waals surface area contributed by atoms with E-state index in [-0.39, 0.29) is 0 Å². The van der Waals surface area contributed by atoms with Crippen molar-refractivity contribution in [1.82, 2.24) is 15.1 Å². The van der Waals surface area contributed by atoms with Gasteiger partial charge in [-0.25, -0.2) is 0 Å². The minimum absolute atomic E-state index is 0.500. The van der Waals surface area contributed by atoms with Crippen LogP contribution in [0.15, 0.2) is 0 Å². The molecular weight excluding hydrogens is 226 g/mol. The molecule has 0 saturated heterocycles. The maximum atomic E-state index is 10.6. The first-order valence-corrected chi connectivity index (χ1v) is 6.59. The Labute approximate surface area is 110 Å². The molecule has 4 heteroatoms. The third-order valence-electron chi connectivity index (χ3n) is 2.53. The van der Waals surface area contributed by atoms with Crippen LogP contribution in [0.4, 0.5) is 0 Å². The molecule has 1 aliphatic heterocycles. The van der Waals surface area contributed by atoms with Crippen LogP contribution in [-0.2, 0) is 24.2 Å². The second kappa shape index (κ2) is 6.03. The van der Waals surface area contributed by atoms with Gasteiger partial charge in [-0.15, -0.1) is 0 Å². The highest BCUT2D eigenvalue weighted by Gasteiger charge is 2.19. The molecule has 1 amide bonds. The molecule has 2 rings (SSSR count). The molecule has 1 aliphatic rings. The second-order valence-electron chi connectivity index (χ2n) is 6.31. The topological polar surface area (TPSA) is 49.0 Å². The quantitative estimate of drug-likeness (QED) is 0.821. The highest BCUT2D eigenvalue weighted by Crippen LogP contribution is 2.19. The molecule has 4 nitrogen and oxygen atoms in total. The zero-order valence-electron chi connectivity index (χ0n) is 12.2. The molecule has 0 bridgehead atoms. The van der Waals surface area contributed by atoms with Gasteiger partial charge in [-0.1, -0.05) is 34.6 Å². The van der Waals surface area contributed by atoms with E-state index in [0.29, 0.717) is 5.41 Å². The van der Waals surface area contributed by atoms with Crippen molar-refractivity contribution >= 4 is 6.41 Å². The van der Waals surface area contributed by atoms with Gasteiger partial charge in [-0.2, -0.15) is 5.10 Å². The van der Waals surface area contributed by atoms with Gasteiger partial charge in [-0.05, 0) is 11.8 Å². The van der Waals surface area contributed by atoms with Gasteiger partial charge in [0, 0.05) is 30.8 Å². The first-order valence-electron chi connectivity index (χ1n) is 6.59. The molecule has 1 aromatic rings. The number of rotatable bonds is 2. The van der Waals surface area contributed by atoms with E-state index in [0.717, 1.165) is 38.0 Å². The lowest BCUT2D eigenvalue weighted by atomic mass is 10.0. The van der Waals surface area contributed by atoms with Crippen molar-refractivity contribution in [2.75, 3.05) is 6.54 Å². The third kappa shape index (κ3) is 4.51.